The maximum Gasteiger partial charge on any atom is 0.164 e. The molecule has 3 aromatic heterocycles. The Bertz CT molecular complexity index is 2860. The number of rotatable bonds is 5. The molecule has 0 fully saturated rings. The van der Waals surface area contributed by atoms with Gasteiger partial charge in [-0.05, 0) is 60.2 Å². The van der Waals surface area contributed by atoms with Crippen molar-refractivity contribution >= 4 is 53.3 Å². The Hall–Kier alpha value is -6.50. The van der Waals surface area contributed by atoms with E-state index in [1.54, 1.807) is 0 Å². The number of aromatic nitrogens is 4. The van der Waals surface area contributed by atoms with Crippen molar-refractivity contribution in [3.05, 3.63) is 170 Å². The van der Waals surface area contributed by atoms with Gasteiger partial charge >= 0.3 is 0 Å². The minimum Gasteiger partial charge on any atom is -0.309 e. The zero-order valence-electron chi connectivity index (χ0n) is 27.2. The van der Waals surface area contributed by atoms with Crippen LogP contribution in [0.3, 0.4) is 0 Å². The Morgan fingerprint density at radius 2 is 1.00 bits per heavy atom. The fourth-order valence-corrected chi connectivity index (χ4v) is 8.24. The maximum absolute atomic E-state index is 14.4. The summed E-state index contributed by atoms with van der Waals surface area (Å²) in [5.41, 5.74) is 7.68. The van der Waals surface area contributed by atoms with Gasteiger partial charge in [-0.3, -0.25) is 0 Å². The van der Waals surface area contributed by atoms with E-state index in [1.165, 1.54) is 43.1 Å². The summed E-state index contributed by atoms with van der Waals surface area (Å²) >= 11 is 1.81. The minimum absolute atomic E-state index is 0.280. The smallest absolute Gasteiger partial charge is 0.164 e. The molecule has 0 aliphatic rings. The van der Waals surface area contributed by atoms with Crippen molar-refractivity contribution in [2.45, 2.75) is 0 Å². The van der Waals surface area contributed by atoms with Crippen molar-refractivity contribution in [3.63, 3.8) is 0 Å². The Balaban J connectivity index is 1.24. The molecule has 0 N–H and O–H groups in total. The molecule has 240 valence electrons. The zero-order valence-corrected chi connectivity index (χ0v) is 28.0. The van der Waals surface area contributed by atoms with E-state index in [0.717, 1.165) is 44.5 Å². The topological polar surface area (TPSA) is 43.6 Å². The monoisotopic (exact) mass is 674 g/mol. The summed E-state index contributed by atoms with van der Waals surface area (Å²) in [6.45, 7) is 0. The van der Waals surface area contributed by atoms with Gasteiger partial charge in [-0.2, -0.15) is 0 Å². The van der Waals surface area contributed by atoms with Crippen molar-refractivity contribution in [2.24, 2.45) is 0 Å². The molecule has 0 amide bonds. The van der Waals surface area contributed by atoms with Crippen LogP contribution in [0.4, 0.5) is 4.39 Å². The lowest BCUT2D eigenvalue weighted by molar-refractivity contribution is 0.628. The highest BCUT2D eigenvalue weighted by Gasteiger charge is 2.20. The standard InChI is InChI=1S/C45H27FN4S/c46-32-22-19-28(20-23-32)35-25-31(45-48-43(29-11-3-1-4-12-29)47-44(49-45)30-13-5-2-6-14-30)21-24-39(35)50-38-17-9-7-15-33(38)36-26-37-34-16-8-10-18-41(34)51-42(37)27-40(36)50/h1-27H. The number of benzene rings is 7. The fraction of sp³-hybridized carbons (Fsp3) is 0. The molecule has 0 aliphatic heterocycles. The molecule has 7 aromatic carbocycles. The molecular weight excluding hydrogens is 648 g/mol. The number of thiophene rings is 1. The average molecular weight is 675 g/mol. The van der Waals surface area contributed by atoms with E-state index in [9.17, 15) is 4.39 Å². The number of nitrogens with zero attached hydrogens (tertiary/aromatic N) is 4. The minimum atomic E-state index is -0.280. The van der Waals surface area contributed by atoms with Crippen LogP contribution >= 0.6 is 11.3 Å². The van der Waals surface area contributed by atoms with Crippen LogP contribution < -0.4 is 0 Å². The molecule has 0 bridgehead atoms. The van der Waals surface area contributed by atoms with Crippen molar-refractivity contribution in [3.8, 4) is 51.0 Å². The average Bonchev–Trinajstić information content (AvgIpc) is 3.72. The molecule has 0 saturated carbocycles. The molecule has 0 spiro atoms. The number of halogens is 1. The van der Waals surface area contributed by atoms with Crippen LogP contribution in [0, 0.1) is 5.82 Å². The van der Waals surface area contributed by atoms with Gasteiger partial charge in [-0.1, -0.05) is 109 Å². The van der Waals surface area contributed by atoms with Gasteiger partial charge in [0.1, 0.15) is 5.82 Å². The molecule has 6 heteroatoms. The fourth-order valence-electron chi connectivity index (χ4n) is 7.12. The summed E-state index contributed by atoms with van der Waals surface area (Å²) in [4.78, 5) is 14.9. The lowest BCUT2D eigenvalue weighted by atomic mass is 9.99. The van der Waals surface area contributed by atoms with Gasteiger partial charge in [-0.25, -0.2) is 19.3 Å². The van der Waals surface area contributed by atoms with E-state index >= 15 is 0 Å². The van der Waals surface area contributed by atoms with E-state index in [-0.39, 0.29) is 5.82 Å². The zero-order chi connectivity index (χ0) is 33.9. The number of para-hydroxylation sites is 1. The predicted molar refractivity (Wildman–Crippen MR) is 209 cm³/mol. The molecule has 0 radical (unpaired) electrons. The Kier molecular flexibility index (Phi) is 6.82. The quantitative estimate of drug-likeness (QED) is 0.182. The third-order valence-electron chi connectivity index (χ3n) is 9.52. The third kappa shape index (κ3) is 4.99. The molecule has 0 atom stereocenters. The van der Waals surface area contributed by atoms with Gasteiger partial charge in [0, 0.05) is 53.2 Å². The molecule has 10 aromatic rings. The van der Waals surface area contributed by atoms with Crippen molar-refractivity contribution < 1.29 is 4.39 Å². The normalized spacial score (nSPS) is 11.6. The SMILES string of the molecule is Fc1ccc(-c2cc(-c3nc(-c4ccccc4)nc(-c4ccccc4)n3)ccc2-n2c3ccccc3c3cc4c(cc32)sc2ccccc24)cc1. The number of fused-ring (bicyclic) bond motifs is 6. The van der Waals surface area contributed by atoms with E-state index in [0.29, 0.717) is 17.5 Å². The van der Waals surface area contributed by atoms with Crippen molar-refractivity contribution in [2.75, 3.05) is 0 Å². The lowest BCUT2D eigenvalue weighted by Gasteiger charge is -2.16. The number of hydrogen-bond acceptors (Lipinski definition) is 4. The van der Waals surface area contributed by atoms with Crippen LogP contribution in [-0.2, 0) is 0 Å². The lowest BCUT2D eigenvalue weighted by Crippen LogP contribution is -2.02. The molecule has 0 aliphatic carbocycles. The van der Waals surface area contributed by atoms with Crippen LogP contribution in [0.15, 0.2) is 164 Å². The first-order chi connectivity index (χ1) is 25.2. The summed E-state index contributed by atoms with van der Waals surface area (Å²) < 4.78 is 19.2. The van der Waals surface area contributed by atoms with Gasteiger partial charge in [0.15, 0.2) is 17.5 Å². The summed E-state index contributed by atoms with van der Waals surface area (Å²) in [5, 5.41) is 4.90. The first-order valence-corrected chi connectivity index (χ1v) is 17.6. The largest absolute Gasteiger partial charge is 0.309 e. The summed E-state index contributed by atoms with van der Waals surface area (Å²) in [6, 6.07) is 54.8. The molecule has 51 heavy (non-hydrogen) atoms. The molecule has 10 rings (SSSR count). The third-order valence-corrected chi connectivity index (χ3v) is 10.7. The van der Waals surface area contributed by atoms with Gasteiger partial charge in [0.2, 0.25) is 0 Å². The highest BCUT2D eigenvalue weighted by molar-refractivity contribution is 7.25. The Morgan fingerprint density at radius 1 is 0.412 bits per heavy atom. The van der Waals surface area contributed by atoms with Crippen molar-refractivity contribution in [1.82, 2.24) is 19.5 Å². The van der Waals surface area contributed by atoms with E-state index in [4.69, 9.17) is 15.0 Å². The Labute approximate surface area is 296 Å². The van der Waals surface area contributed by atoms with Crippen molar-refractivity contribution in [1.29, 1.82) is 0 Å². The summed E-state index contributed by atoms with van der Waals surface area (Å²) in [7, 11) is 0. The summed E-state index contributed by atoms with van der Waals surface area (Å²) in [5.74, 6) is 1.48. The van der Waals surface area contributed by atoms with Gasteiger partial charge < -0.3 is 4.57 Å². The molecule has 3 heterocycles. The molecule has 4 nitrogen and oxygen atoms in total. The molecule has 0 saturated heterocycles. The first kappa shape index (κ1) is 29.4. The van der Waals surface area contributed by atoms with Crippen LogP contribution in [0.2, 0.25) is 0 Å². The van der Waals surface area contributed by atoms with E-state index < -0.39 is 0 Å². The second-order valence-corrected chi connectivity index (χ2v) is 13.7. The van der Waals surface area contributed by atoms with Crippen LogP contribution in [0.5, 0.6) is 0 Å². The van der Waals surface area contributed by atoms with Gasteiger partial charge in [-0.15, -0.1) is 11.3 Å². The van der Waals surface area contributed by atoms with Crippen LogP contribution in [0.1, 0.15) is 0 Å². The van der Waals surface area contributed by atoms with E-state index in [2.05, 4.69) is 83.4 Å². The van der Waals surface area contributed by atoms with Gasteiger partial charge in [0.05, 0.1) is 16.7 Å². The predicted octanol–water partition coefficient (Wildman–Crippen LogP) is 12.1. The highest BCUT2D eigenvalue weighted by Crippen LogP contribution is 2.42. The highest BCUT2D eigenvalue weighted by atomic mass is 32.1. The van der Waals surface area contributed by atoms with Crippen LogP contribution in [0.25, 0.3) is 93.0 Å². The molecular formula is C45H27FN4S. The second kappa shape index (κ2) is 11.8. The second-order valence-electron chi connectivity index (χ2n) is 12.6. The van der Waals surface area contributed by atoms with E-state index in [1.807, 2.05) is 84.1 Å². The molecule has 0 unspecified atom stereocenters. The summed E-state index contributed by atoms with van der Waals surface area (Å²) in [6.07, 6.45) is 0. The van der Waals surface area contributed by atoms with Gasteiger partial charge in [0.25, 0.3) is 0 Å². The maximum atomic E-state index is 14.4. The Morgan fingerprint density at radius 3 is 1.71 bits per heavy atom. The van der Waals surface area contributed by atoms with Crippen LogP contribution in [-0.4, -0.2) is 19.5 Å². The number of hydrogen-bond donors (Lipinski definition) is 0. The first-order valence-electron chi connectivity index (χ1n) is 16.8.